The highest BCUT2D eigenvalue weighted by molar-refractivity contribution is 5.76. The fourth-order valence-corrected chi connectivity index (χ4v) is 3.18. The quantitative estimate of drug-likeness (QED) is 0.754. The number of pyridine rings is 1. The molecule has 1 aliphatic rings. The van der Waals surface area contributed by atoms with Crippen molar-refractivity contribution in [2.75, 3.05) is 13.2 Å². The van der Waals surface area contributed by atoms with Crippen LogP contribution in [-0.4, -0.2) is 28.9 Å². The number of rotatable bonds is 6. The molecule has 0 aliphatic carbocycles. The molecule has 1 atom stereocenters. The van der Waals surface area contributed by atoms with Crippen molar-refractivity contribution in [3.63, 3.8) is 0 Å². The van der Waals surface area contributed by atoms with Gasteiger partial charge in [0.05, 0.1) is 18.3 Å². The fourth-order valence-electron chi connectivity index (χ4n) is 3.18. The van der Waals surface area contributed by atoms with E-state index in [1.54, 1.807) is 6.20 Å². The monoisotopic (exact) mass is 324 g/mol. The normalized spacial score (nSPS) is 17.5. The Hall–Kier alpha value is -2.36. The molecule has 1 fully saturated rings. The van der Waals surface area contributed by atoms with Gasteiger partial charge in [0.1, 0.15) is 5.75 Å². The highest BCUT2D eigenvalue weighted by atomic mass is 16.5. The third kappa shape index (κ3) is 4.34. The number of benzene rings is 1. The van der Waals surface area contributed by atoms with E-state index in [0.717, 1.165) is 43.7 Å². The summed E-state index contributed by atoms with van der Waals surface area (Å²) in [6.07, 6.45) is 6.30. The van der Waals surface area contributed by atoms with Gasteiger partial charge in [-0.05, 0) is 49.9 Å². The molecule has 1 aromatic heterocycles. The molecule has 1 saturated heterocycles. The smallest absolute Gasteiger partial charge is 0.223 e. The van der Waals surface area contributed by atoms with Gasteiger partial charge in [-0.3, -0.25) is 9.78 Å². The molecule has 4 nitrogen and oxygen atoms in total. The molecule has 0 spiro atoms. The summed E-state index contributed by atoms with van der Waals surface area (Å²) in [6, 6.07) is 15.8. The summed E-state index contributed by atoms with van der Waals surface area (Å²) < 4.78 is 5.67. The van der Waals surface area contributed by atoms with Crippen molar-refractivity contribution in [2.45, 2.75) is 38.1 Å². The first-order chi connectivity index (χ1) is 11.8. The molecular weight excluding hydrogens is 300 g/mol. The van der Waals surface area contributed by atoms with E-state index in [0.29, 0.717) is 13.0 Å². The number of hydrogen-bond donors (Lipinski definition) is 0. The number of piperidine rings is 1. The Bertz CT molecular complexity index is 631. The zero-order valence-corrected chi connectivity index (χ0v) is 13.9. The SMILES string of the molecule is O=C(CCCOc1ccccc1)N1CCCCC1c1ccccn1. The van der Waals surface area contributed by atoms with Gasteiger partial charge in [-0.2, -0.15) is 0 Å². The van der Waals surface area contributed by atoms with Crippen LogP contribution < -0.4 is 4.74 Å². The second-order valence-corrected chi connectivity index (χ2v) is 6.12. The van der Waals surface area contributed by atoms with E-state index >= 15 is 0 Å². The van der Waals surface area contributed by atoms with Crippen LogP contribution in [0.15, 0.2) is 54.7 Å². The topological polar surface area (TPSA) is 42.4 Å². The van der Waals surface area contributed by atoms with Crippen molar-refractivity contribution in [1.29, 1.82) is 0 Å². The molecule has 2 aromatic rings. The largest absolute Gasteiger partial charge is 0.494 e. The molecule has 4 heteroatoms. The maximum absolute atomic E-state index is 12.6. The third-order valence-electron chi connectivity index (χ3n) is 4.40. The van der Waals surface area contributed by atoms with Crippen molar-refractivity contribution in [1.82, 2.24) is 9.88 Å². The minimum absolute atomic E-state index is 0.127. The van der Waals surface area contributed by atoms with Crippen LogP contribution in [0.3, 0.4) is 0 Å². The number of carbonyl (C=O) groups is 1. The van der Waals surface area contributed by atoms with Crippen LogP contribution in [-0.2, 0) is 4.79 Å². The first kappa shape index (κ1) is 16.5. The molecule has 1 aromatic carbocycles. The van der Waals surface area contributed by atoms with Gasteiger partial charge in [0.15, 0.2) is 0 Å². The van der Waals surface area contributed by atoms with Gasteiger partial charge in [-0.15, -0.1) is 0 Å². The molecule has 0 bridgehead atoms. The maximum Gasteiger partial charge on any atom is 0.223 e. The summed E-state index contributed by atoms with van der Waals surface area (Å²) in [5, 5.41) is 0. The van der Waals surface area contributed by atoms with Crippen molar-refractivity contribution >= 4 is 5.91 Å². The zero-order valence-electron chi connectivity index (χ0n) is 13.9. The van der Waals surface area contributed by atoms with Crippen molar-refractivity contribution in [3.8, 4) is 5.75 Å². The Morgan fingerprint density at radius 2 is 1.96 bits per heavy atom. The summed E-state index contributed by atoms with van der Waals surface area (Å²) in [6.45, 7) is 1.40. The van der Waals surface area contributed by atoms with Gasteiger partial charge < -0.3 is 9.64 Å². The van der Waals surface area contributed by atoms with Gasteiger partial charge in [0, 0.05) is 19.2 Å². The van der Waals surface area contributed by atoms with Crippen LogP contribution in [0.5, 0.6) is 5.75 Å². The van der Waals surface area contributed by atoms with E-state index < -0.39 is 0 Å². The summed E-state index contributed by atoms with van der Waals surface area (Å²) in [4.78, 5) is 19.1. The fraction of sp³-hybridized carbons (Fsp3) is 0.400. The number of ether oxygens (including phenoxy) is 1. The molecule has 0 saturated carbocycles. The van der Waals surface area contributed by atoms with E-state index in [9.17, 15) is 4.79 Å². The van der Waals surface area contributed by atoms with Crippen LogP contribution in [0.4, 0.5) is 0 Å². The Balaban J connectivity index is 1.51. The van der Waals surface area contributed by atoms with Crippen molar-refractivity contribution in [3.05, 3.63) is 60.4 Å². The third-order valence-corrected chi connectivity index (χ3v) is 4.40. The average Bonchev–Trinajstić information content (AvgIpc) is 2.66. The summed E-state index contributed by atoms with van der Waals surface area (Å²) in [5.74, 6) is 1.07. The van der Waals surface area contributed by atoms with Crippen LogP contribution in [0.1, 0.15) is 43.8 Å². The van der Waals surface area contributed by atoms with E-state index in [1.165, 1.54) is 0 Å². The van der Waals surface area contributed by atoms with Gasteiger partial charge in [0.2, 0.25) is 5.91 Å². The molecule has 1 unspecified atom stereocenters. The number of para-hydroxylation sites is 1. The highest BCUT2D eigenvalue weighted by Crippen LogP contribution is 2.30. The number of aromatic nitrogens is 1. The van der Waals surface area contributed by atoms with Gasteiger partial charge in [0.25, 0.3) is 0 Å². The van der Waals surface area contributed by atoms with E-state index in [1.807, 2.05) is 53.4 Å². The minimum Gasteiger partial charge on any atom is -0.494 e. The highest BCUT2D eigenvalue weighted by Gasteiger charge is 2.28. The maximum atomic E-state index is 12.6. The van der Waals surface area contributed by atoms with Crippen LogP contribution in [0, 0.1) is 0 Å². The van der Waals surface area contributed by atoms with Crippen LogP contribution in [0.25, 0.3) is 0 Å². The number of carbonyl (C=O) groups excluding carboxylic acids is 1. The molecule has 1 aliphatic heterocycles. The number of amides is 1. The summed E-state index contributed by atoms with van der Waals surface area (Å²) in [5.41, 5.74) is 1.01. The van der Waals surface area contributed by atoms with Gasteiger partial charge in [-0.1, -0.05) is 24.3 Å². The standard InChI is InChI=1S/C20H24N2O2/c23-20(13-8-16-24-17-9-2-1-3-10-17)22-15-7-5-12-19(22)18-11-4-6-14-21-18/h1-4,6,9-11,14,19H,5,7-8,12-13,15-16H2. The number of nitrogens with zero attached hydrogens (tertiary/aromatic N) is 2. The van der Waals surface area contributed by atoms with Crippen LogP contribution in [0.2, 0.25) is 0 Å². The van der Waals surface area contributed by atoms with Crippen molar-refractivity contribution in [2.24, 2.45) is 0 Å². The van der Waals surface area contributed by atoms with E-state index in [-0.39, 0.29) is 11.9 Å². The second-order valence-electron chi connectivity index (χ2n) is 6.12. The molecule has 0 radical (unpaired) electrons. The molecule has 126 valence electrons. The Labute approximate surface area is 143 Å². The van der Waals surface area contributed by atoms with E-state index in [2.05, 4.69) is 4.98 Å². The first-order valence-electron chi connectivity index (χ1n) is 8.73. The number of likely N-dealkylation sites (tertiary alicyclic amines) is 1. The first-order valence-corrected chi connectivity index (χ1v) is 8.73. The Morgan fingerprint density at radius 1 is 1.12 bits per heavy atom. The lowest BCUT2D eigenvalue weighted by Crippen LogP contribution is -2.38. The Kier molecular flexibility index (Phi) is 5.83. The lowest BCUT2D eigenvalue weighted by molar-refractivity contribution is -0.135. The predicted molar refractivity (Wildman–Crippen MR) is 93.7 cm³/mol. The van der Waals surface area contributed by atoms with Crippen LogP contribution >= 0.6 is 0 Å². The van der Waals surface area contributed by atoms with Gasteiger partial charge >= 0.3 is 0 Å². The molecule has 3 rings (SSSR count). The molecular formula is C20H24N2O2. The predicted octanol–water partition coefficient (Wildman–Crippen LogP) is 3.99. The summed E-state index contributed by atoms with van der Waals surface area (Å²) >= 11 is 0. The van der Waals surface area contributed by atoms with E-state index in [4.69, 9.17) is 4.74 Å². The molecule has 1 amide bonds. The summed E-state index contributed by atoms with van der Waals surface area (Å²) in [7, 11) is 0. The second kappa shape index (κ2) is 8.48. The average molecular weight is 324 g/mol. The van der Waals surface area contributed by atoms with Crippen molar-refractivity contribution < 1.29 is 9.53 Å². The number of hydrogen-bond acceptors (Lipinski definition) is 3. The Morgan fingerprint density at radius 3 is 2.75 bits per heavy atom. The lowest BCUT2D eigenvalue weighted by atomic mass is 9.98. The molecule has 0 N–H and O–H groups in total. The lowest BCUT2D eigenvalue weighted by Gasteiger charge is -2.35. The minimum atomic E-state index is 0.127. The van der Waals surface area contributed by atoms with Gasteiger partial charge in [-0.25, -0.2) is 0 Å². The molecule has 2 heterocycles. The zero-order chi connectivity index (χ0) is 16.6. The molecule has 24 heavy (non-hydrogen) atoms.